The van der Waals surface area contributed by atoms with Gasteiger partial charge in [0.05, 0.1) is 5.39 Å². The lowest BCUT2D eigenvalue weighted by atomic mass is 10.1. The molecule has 0 unspecified atom stereocenters. The number of hydrogen-bond acceptors (Lipinski definition) is 2. The van der Waals surface area contributed by atoms with Crippen molar-refractivity contribution >= 4 is 10.8 Å². The molecule has 78 valence electrons. The lowest BCUT2D eigenvalue weighted by Crippen LogP contribution is -1.89. The Kier molecular flexibility index (Phi) is 1.96. The van der Waals surface area contributed by atoms with E-state index in [0.29, 0.717) is 6.07 Å². The van der Waals surface area contributed by atoms with E-state index in [1.165, 1.54) is 0 Å². The van der Waals surface area contributed by atoms with Gasteiger partial charge in [-0.2, -0.15) is 4.39 Å². The molecule has 2 aromatic rings. The zero-order chi connectivity index (χ0) is 11.2. The standard InChI is InChI=1S/C10H5F3O2/c11-5-1-2-7(14)4-3-6(12)9(13)10(15)8(4)5/h1-3,14-15H. The first-order valence-corrected chi connectivity index (χ1v) is 4.00. The van der Waals surface area contributed by atoms with E-state index in [4.69, 9.17) is 0 Å². The lowest BCUT2D eigenvalue weighted by molar-refractivity contribution is 0.410. The van der Waals surface area contributed by atoms with Crippen LogP contribution < -0.4 is 0 Å². The number of fused-ring (bicyclic) bond motifs is 1. The Balaban J connectivity index is 3.04. The van der Waals surface area contributed by atoms with Crippen molar-refractivity contribution in [2.75, 3.05) is 0 Å². The molecule has 0 bridgehead atoms. The van der Waals surface area contributed by atoms with Gasteiger partial charge < -0.3 is 10.2 Å². The smallest absolute Gasteiger partial charge is 0.201 e. The van der Waals surface area contributed by atoms with E-state index in [0.717, 1.165) is 12.1 Å². The molecular formula is C10H5F3O2. The van der Waals surface area contributed by atoms with Gasteiger partial charge in [0.1, 0.15) is 11.6 Å². The Hall–Kier alpha value is -1.91. The summed E-state index contributed by atoms with van der Waals surface area (Å²) >= 11 is 0. The van der Waals surface area contributed by atoms with Crippen molar-refractivity contribution in [3.8, 4) is 11.5 Å². The number of hydrogen-bond donors (Lipinski definition) is 2. The number of phenols is 2. The van der Waals surface area contributed by atoms with Crippen molar-refractivity contribution in [1.82, 2.24) is 0 Å². The molecule has 0 aliphatic heterocycles. The first kappa shape index (κ1) is 9.64. The SMILES string of the molecule is Oc1ccc(F)c2c(O)c(F)c(F)cc12. The minimum Gasteiger partial charge on any atom is -0.507 e. The Morgan fingerprint density at radius 1 is 0.933 bits per heavy atom. The zero-order valence-electron chi connectivity index (χ0n) is 7.26. The van der Waals surface area contributed by atoms with Gasteiger partial charge in [0.2, 0.25) is 5.82 Å². The van der Waals surface area contributed by atoms with Gasteiger partial charge in [-0.1, -0.05) is 0 Å². The van der Waals surface area contributed by atoms with Gasteiger partial charge in [-0.15, -0.1) is 0 Å². The normalized spacial score (nSPS) is 10.9. The molecule has 0 fully saturated rings. The average molecular weight is 214 g/mol. The zero-order valence-corrected chi connectivity index (χ0v) is 7.26. The van der Waals surface area contributed by atoms with Gasteiger partial charge in [-0.05, 0) is 18.2 Å². The second kappa shape index (κ2) is 3.05. The summed E-state index contributed by atoms with van der Waals surface area (Å²) in [5.41, 5.74) is 0. The van der Waals surface area contributed by atoms with Crippen LogP contribution in [0.2, 0.25) is 0 Å². The van der Waals surface area contributed by atoms with E-state index in [1.807, 2.05) is 0 Å². The largest absolute Gasteiger partial charge is 0.507 e. The molecule has 2 rings (SSSR count). The summed E-state index contributed by atoms with van der Waals surface area (Å²) in [6, 6.07) is 2.48. The van der Waals surface area contributed by atoms with Gasteiger partial charge >= 0.3 is 0 Å². The minimum atomic E-state index is -1.54. The molecule has 0 atom stereocenters. The molecule has 0 saturated carbocycles. The number of rotatable bonds is 0. The van der Waals surface area contributed by atoms with Crippen molar-refractivity contribution in [1.29, 1.82) is 0 Å². The molecule has 0 aliphatic carbocycles. The number of halogens is 3. The van der Waals surface area contributed by atoms with Gasteiger partial charge in [-0.25, -0.2) is 8.78 Å². The summed E-state index contributed by atoms with van der Waals surface area (Å²) in [6.45, 7) is 0. The molecule has 0 aromatic heterocycles. The number of benzene rings is 2. The monoisotopic (exact) mass is 214 g/mol. The molecule has 2 aromatic carbocycles. The van der Waals surface area contributed by atoms with Crippen LogP contribution in [0, 0.1) is 17.5 Å². The van der Waals surface area contributed by atoms with Crippen molar-refractivity contribution in [3.63, 3.8) is 0 Å². The molecule has 0 saturated heterocycles. The summed E-state index contributed by atoms with van der Waals surface area (Å²) in [6.07, 6.45) is 0. The van der Waals surface area contributed by atoms with Crippen LogP contribution in [0.1, 0.15) is 0 Å². The fraction of sp³-hybridized carbons (Fsp3) is 0. The first-order valence-electron chi connectivity index (χ1n) is 4.00. The molecule has 5 heteroatoms. The van der Waals surface area contributed by atoms with Crippen LogP contribution in [0.15, 0.2) is 18.2 Å². The lowest BCUT2D eigenvalue weighted by Gasteiger charge is -2.06. The third-order valence-corrected chi connectivity index (χ3v) is 2.10. The molecule has 0 spiro atoms. The third-order valence-electron chi connectivity index (χ3n) is 2.10. The van der Waals surface area contributed by atoms with Crippen LogP contribution in [0.4, 0.5) is 13.2 Å². The summed E-state index contributed by atoms with van der Waals surface area (Å²) < 4.78 is 38.9. The molecule has 0 radical (unpaired) electrons. The Morgan fingerprint density at radius 2 is 1.60 bits per heavy atom. The van der Waals surface area contributed by atoms with Crippen LogP contribution >= 0.6 is 0 Å². The fourth-order valence-corrected chi connectivity index (χ4v) is 1.38. The average Bonchev–Trinajstić information content (AvgIpc) is 2.20. The maximum absolute atomic E-state index is 13.2. The van der Waals surface area contributed by atoms with E-state index < -0.39 is 34.3 Å². The maximum atomic E-state index is 13.2. The van der Waals surface area contributed by atoms with Crippen LogP contribution in [0.3, 0.4) is 0 Å². The summed E-state index contributed by atoms with van der Waals surface area (Å²) in [5, 5.41) is 17.6. The highest BCUT2D eigenvalue weighted by atomic mass is 19.2. The Labute approximate surface area is 82.2 Å². The van der Waals surface area contributed by atoms with E-state index in [2.05, 4.69) is 0 Å². The molecule has 15 heavy (non-hydrogen) atoms. The van der Waals surface area contributed by atoms with E-state index in [-0.39, 0.29) is 5.39 Å². The predicted octanol–water partition coefficient (Wildman–Crippen LogP) is 2.67. The Bertz CT molecular complexity index is 552. The highest BCUT2D eigenvalue weighted by Crippen LogP contribution is 2.36. The number of aromatic hydroxyl groups is 2. The second-order valence-electron chi connectivity index (χ2n) is 3.01. The summed E-state index contributed by atoms with van der Waals surface area (Å²) in [4.78, 5) is 0. The van der Waals surface area contributed by atoms with E-state index in [9.17, 15) is 23.4 Å². The van der Waals surface area contributed by atoms with Crippen LogP contribution in [0.5, 0.6) is 11.5 Å². The second-order valence-corrected chi connectivity index (χ2v) is 3.01. The molecule has 2 N–H and O–H groups in total. The first-order chi connectivity index (χ1) is 7.02. The summed E-state index contributed by atoms with van der Waals surface area (Å²) in [5.74, 6) is -5.38. The maximum Gasteiger partial charge on any atom is 0.201 e. The Morgan fingerprint density at radius 3 is 2.27 bits per heavy atom. The van der Waals surface area contributed by atoms with Crippen molar-refractivity contribution in [2.24, 2.45) is 0 Å². The number of phenolic OH excluding ortho intramolecular Hbond substituents is 2. The van der Waals surface area contributed by atoms with E-state index >= 15 is 0 Å². The fourth-order valence-electron chi connectivity index (χ4n) is 1.38. The predicted molar refractivity (Wildman–Crippen MR) is 47.2 cm³/mol. The third kappa shape index (κ3) is 1.27. The minimum absolute atomic E-state index is 0.272. The van der Waals surface area contributed by atoms with Gasteiger partial charge in [0.15, 0.2) is 11.6 Å². The van der Waals surface area contributed by atoms with Crippen molar-refractivity contribution in [2.45, 2.75) is 0 Å². The highest BCUT2D eigenvalue weighted by Gasteiger charge is 2.17. The van der Waals surface area contributed by atoms with Crippen molar-refractivity contribution in [3.05, 3.63) is 35.7 Å². The van der Waals surface area contributed by atoms with Gasteiger partial charge in [0.25, 0.3) is 0 Å². The quantitative estimate of drug-likeness (QED) is 0.707. The molecular weight excluding hydrogens is 209 g/mol. The molecule has 0 aliphatic rings. The highest BCUT2D eigenvalue weighted by molar-refractivity contribution is 5.93. The van der Waals surface area contributed by atoms with Crippen molar-refractivity contribution < 1.29 is 23.4 Å². The molecule has 0 heterocycles. The topological polar surface area (TPSA) is 40.5 Å². The van der Waals surface area contributed by atoms with Crippen LogP contribution in [-0.2, 0) is 0 Å². The van der Waals surface area contributed by atoms with Gasteiger partial charge in [0, 0.05) is 5.39 Å². The molecule has 2 nitrogen and oxygen atoms in total. The molecule has 0 amide bonds. The van der Waals surface area contributed by atoms with E-state index in [1.54, 1.807) is 0 Å². The van der Waals surface area contributed by atoms with Crippen LogP contribution in [-0.4, -0.2) is 10.2 Å². The summed E-state index contributed by atoms with van der Waals surface area (Å²) in [7, 11) is 0. The van der Waals surface area contributed by atoms with Gasteiger partial charge in [-0.3, -0.25) is 0 Å². The van der Waals surface area contributed by atoms with Crippen LogP contribution in [0.25, 0.3) is 10.8 Å².